The summed E-state index contributed by atoms with van der Waals surface area (Å²) in [6, 6.07) is 1.79. The van der Waals surface area contributed by atoms with Crippen molar-refractivity contribution >= 4 is 22.8 Å². The molecule has 152 valence electrons. The molecule has 0 saturated carbocycles. The fourth-order valence-electron chi connectivity index (χ4n) is 3.63. The number of alkyl halides is 3. The number of quaternary nitrogens is 1. The maximum atomic E-state index is 13.7. The fraction of sp³-hybridized carbons (Fsp3) is 0.471. The molecule has 2 N–H and O–H groups in total. The molecule has 3 rings (SSSR count). The highest BCUT2D eigenvalue weighted by Gasteiger charge is 2.51. The van der Waals surface area contributed by atoms with E-state index in [-0.39, 0.29) is 36.8 Å². The SMILES string of the molecule is CCC[N+]1(OC(=O)C(F)(F)F)CCC(n2cc3cc(F)cc(C(N)=O)c3n2)C1. The first-order chi connectivity index (χ1) is 13.0. The Labute approximate surface area is 157 Å². The number of benzene rings is 1. The number of aromatic nitrogens is 2. The van der Waals surface area contributed by atoms with E-state index in [2.05, 4.69) is 5.10 Å². The average molecular weight is 403 g/mol. The summed E-state index contributed by atoms with van der Waals surface area (Å²) in [5.41, 5.74) is 5.40. The molecule has 28 heavy (non-hydrogen) atoms. The molecule has 0 spiro atoms. The van der Waals surface area contributed by atoms with Crippen LogP contribution in [-0.2, 0) is 9.63 Å². The first-order valence-corrected chi connectivity index (χ1v) is 8.70. The summed E-state index contributed by atoms with van der Waals surface area (Å²) in [5.74, 6) is -3.72. The van der Waals surface area contributed by atoms with Crippen LogP contribution in [-0.4, -0.2) is 52.1 Å². The van der Waals surface area contributed by atoms with Crippen molar-refractivity contribution in [3.05, 3.63) is 29.7 Å². The van der Waals surface area contributed by atoms with E-state index in [0.717, 1.165) is 6.07 Å². The Morgan fingerprint density at radius 3 is 2.71 bits per heavy atom. The molecule has 11 heteroatoms. The molecule has 1 fully saturated rings. The molecule has 1 saturated heterocycles. The van der Waals surface area contributed by atoms with Crippen LogP contribution in [0.1, 0.15) is 36.2 Å². The van der Waals surface area contributed by atoms with Gasteiger partial charge in [0, 0.05) is 18.0 Å². The van der Waals surface area contributed by atoms with E-state index in [1.807, 2.05) is 0 Å². The zero-order valence-electron chi connectivity index (χ0n) is 15.0. The molecule has 0 bridgehead atoms. The predicted molar refractivity (Wildman–Crippen MR) is 89.2 cm³/mol. The first-order valence-electron chi connectivity index (χ1n) is 8.70. The van der Waals surface area contributed by atoms with Gasteiger partial charge in [-0.1, -0.05) is 6.92 Å². The van der Waals surface area contributed by atoms with Crippen LogP contribution in [0.25, 0.3) is 10.9 Å². The molecular formula is C17H19F4N4O3+. The van der Waals surface area contributed by atoms with Crippen LogP contribution in [0.3, 0.4) is 0 Å². The number of fused-ring (bicyclic) bond motifs is 1. The number of carbonyl (C=O) groups excluding carboxylic acids is 2. The molecule has 2 heterocycles. The topological polar surface area (TPSA) is 87.2 Å². The zero-order chi connectivity index (χ0) is 20.7. The molecule has 2 aromatic rings. The number of amides is 1. The summed E-state index contributed by atoms with van der Waals surface area (Å²) in [7, 11) is 0. The number of hydrogen-bond donors (Lipinski definition) is 1. The Morgan fingerprint density at radius 1 is 1.39 bits per heavy atom. The van der Waals surface area contributed by atoms with Crippen molar-refractivity contribution in [1.82, 2.24) is 9.78 Å². The summed E-state index contributed by atoms with van der Waals surface area (Å²) in [5, 5.41) is 4.64. The molecule has 1 amide bonds. The number of nitrogens with zero attached hydrogens (tertiary/aromatic N) is 3. The second kappa shape index (κ2) is 7.04. The van der Waals surface area contributed by atoms with Gasteiger partial charge in [0.1, 0.15) is 37.0 Å². The van der Waals surface area contributed by atoms with Crippen molar-refractivity contribution < 1.29 is 36.6 Å². The second-order valence-corrected chi connectivity index (χ2v) is 6.87. The van der Waals surface area contributed by atoms with Gasteiger partial charge in [-0.25, -0.2) is 9.18 Å². The Bertz CT molecular complexity index is 927. The summed E-state index contributed by atoms with van der Waals surface area (Å²) in [6.45, 7) is 2.27. The normalized spacial score (nSPS) is 22.5. The smallest absolute Gasteiger partial charge is 0.366 e. The maximum absolute atomic E-state index is 13.7. The van der Waals surface area contributed by atoms with Crippen molar-refractivity contribution in [2.75, 3.05) is 19.6 Å². The van der Waals surface area contributed by atoms with Crippen LogP contribution in [0.5, 0.6) is 0 Å². The molecule has 1 aromatic carbocycles. The molecular weight excluding hydrogens is 384 g/mol. The minimum atomic E-state index is -5.08. The number of rotatable bonds is 5. The Morgan fingerprint density at radius 2 is 2.11 bits per heavy atom. The summed E-state index contributed by atoms with van der Waals surface area (Å²) >= 11 is 0. The van der Waals surface area contributed by atoms with Gasteiger partial charge in [-0.3, -0.25) is 14.3 Å². The van der Waals surface area contributed by atoms with Gasteiger partial charge in [-0.2, -0.15) is 18.3 Å². The summed E-state index contributed by atoms with van der Waals surface area (Å²) in [6.07, 6.45) is -2.66. The molecule has 1 aliphatic rings. The standard InChI is InChI=1S/C17H18F4N4O3/c1-2-4-25(28-16(27)17(19,20)21)5-3-12(9-25)24-8-10-6-11(18)7-13(15(22)26)14(10)23-24/h6-8,12H,2-5,9H2,1H3,(H-,22,26)/p+1. The highest BCUT2D eigenvalue weighted by atomic mass is 19.4. The minimum Gasteiger partial charge on any atom is -0.366 e. The van der Waals surface area contributed by atoms with Gasteiger partial charge in [-0.15, -0.1) is 4.65 Å². The van der Waals surface area contributed by atoms with Crippen LogP contribution in [0, 0.1) is 5.82 Å². The van der Waals surface area contributed by atoms with E-state index >= 15 is 0 Å². The number of nitrogens with two attached hydrogens (primary N) is 1. The lowest BCUT2D eigenvalue weighted by atomic mass is 10.1. The number of likely N-dealkylation sites (tertiary alicyclic amines) is 1. The van der Waals surface area contributed by atoms with E-state index in [1.54, 1.807) is 6.92 Å². The van der Waals surface area contributed by atoms with Gasteiger partial charge >= 0.3 is 12.1 Å². The quantitative estimate of drug-likeness (QED) is 0.614. The van der Waals surface area contributed by atoms with Gasteiger partial charge in [0.05, 0.1) is 5.56 Å². The van der Waals surface area contributed by atoms with Crippen LogP contribution in [0.4, 0.5) is 17.6 Å². The summed E-state index contributed by atoms with van der Waals surface area (Å²) < 4.78 is 52.7. The number of hydroxylamine groups is 3. The second-order valence-electron chi connectivity index (χ2n) is 6.87. The molecule has 0 radical (unpaired) electrons. The van der Waals surface area contributed by atoms with Crippen molar-refractivity contribution in [2.24, 2.45) is 5.73 Å². The minimum absolute atomic E-state index is 0.0791. The molecule has 7 nitrogen and oxygen atoms in total. The Balaban J connectivity index is 1.90. The van der Waals surface area contributed by atoms with Crippen molar-refractivity contribution in [3.8, 4) is 0 Å². The van der Waals surface area contributed by atoms with Gasteiger partial charge < -0.3 is 5.73 Å². The van der Waals surface area contributed by atoms with Gasteiger partial charge in [0.25, 0.3) is 5.91 Å². The third kappa shape index (κ3) is 3.79. The zero-order valence-corrected chi connectivity index (χ0v) is 15.0. The monoisotopic (exact) mass is 403 g/mol. The lowest BCUT2D eigenvalue weighted by Gasteiger charge is -2.30. The lowest BCUT2D eigenvalue weighted by Crippen LogP contribution is -2.50. The Hall–Kier alpha value is -2.69. The molecule has 2 atom stereocenters. The van der Waals surface area contributed by atoms with Crippen molar-refractivity contribution in [2.45, 2.75) is 32.0 Å². The highest BCUT2D eigenvalue weighted by Crippen LogP contribution is 2.32. The van der Waals surface area contributed by atoms with Crippen molar-refractivity contribution in [3.63, 3.8) is 0 Å². The number of primary amides is 1. The lowest BCUT2D eigenvalue weighted by molar-refractivity contribution is -1.08. The van der Waals surface area contributed by atoms with Crippen LogP contribution < -0.4 is 5.73 Å². The van der Waals surface area contributed by atoms with E-state index < -0.39 is 28.5 Å². The van der Waals surface area contributed by atoms with Crippen LogP contribution >= 0.6 is 0 Å². The fourth-order valence-corrected chi connectivity index (χ4v) is 3.63. The Kier molecular flexibility index (Phi) is 5.04. The third-order valence-corrected chi connectivity index (χ3v) is 4.78. The number of halogens is 4. The third-order valence-electron chi connectivity index (χ3n) is 4.78. The highest BCUT2D eigenvalue weighted by molar-refractivity contribution is 6.04. The number of hydrogen-bond acceptors (Lipinski definition) is 4. The average Bonchev–Trinajstić information content (AvgIpc) is 3.17. The van der Waals surface area contributed by atoms with E-state index in [0.29, 0.717) is 18.2 Å². The van der Waals surface area contributed by atoms with Gasteiger partial charge in [0.15, 0.2) is 0 Å². The molecule has 0 aliphatic carbocycles. The van der Waals surface area contributed by atoms with Gasteiger partial charge in [-0.05, 0) is 18.6 Å². The van der Waals surface area contributed by atoms with Crippen LogP contribution in [0.2, 0.25) is 0 Å². The van der Waals surface area contributed by atoms with E-state index in [9.17, 15) is 27.2 Å². The van der Waals surface area contributed by atoms with Gasteiger partial charge in [0.2, 0.25) is 0 Å². The molecule has 1 aromatic heterocycles. The molecule has 1 aliphatic heterocycles. The molecule has 2 unspecified atom stereocenters. The summed E-state index contributed by atoms with van der Waals surface area (Å²) in [4.78, 5) is 27.7. The number of carbonyl (C=O) groups is 2. The first kappa shape index (κ1) is 20.1. The van der Waals surface area contributed by atoms with Crippen molar-refractivity contribution in [1.29, 1.82) is 0 Å². The van der Waals surface area contributed by atoms with E-state index in [1.165, 1.54) is 16.9 Å². The van der Waals surface area contributed by atoms with E-state index in [4.69, 9.17) is 10.6 Å². The van der Waals surface area contributed by atoms with Crippen LogP contribution in [0.15, 0.2) is 18.3 Å². The largest absolute Gasteiger partial charge is 0.497 e. The predicted octanol–water partition coefficient (Wildman–Crippen LogP) is 2.47. The maximum Gasteiger partial charge on any atom is 0.497 e.